The van der Waals surface area contributed by atoms with E-state index < -0.39 is 5.72 Å². The summed E-state index contributed by atoms with van der Waals surface area (Å²) in [5, 5.41) is 12.8. The predicted octanol–water partition coefficient (Wildman–Crippen LogP) is 2.63. The predicted molar refractivity (Wildman–Crippen MR) is 102 cm³/mol. The maximum absolute atomic E-state index is 11.7. The van der Waals surface area contributed by atoms with E-state index >= 15 is 0 Å². The van der Waals surface area contributed by atoms with Gasteiger partial charge in [0.25, 0.3) is 5.72 Å². The highest BCUT2D eigenvalue weighted by atomic mass is 32.2. The lowest BCUT2D eigenvalue weighted by molar-refractivity contribution is -0.524. The van der Waals surface area contributed by atoms with E-state index in [1.54, 1.807) is 11.8 Å². The van der Waals surface area contributed by atoms with Crippen molar-refractivity contribution >= 4 is 22.6 Å². The van der Waals surface area contributed by atoms with Gasteiger partial charge in [-0.3, -0.25) is 0 Å². The number of benzene rings is 2. The van der Waals surface area contributed by atoms with Crippen molar-refractivity contribution in [3.05, 3.63) is 54.1 Å². The van der Waals surface area contributed by atoms with Crippen LogP contribution in [0.3, 0.4) is 0 Å². The van der Waals surface area contributed by atoms with E-state index in [9.17, 15) is 5.11 Å². The first-order chi connectivity index (χ1) is 12.8. The molecule has 5 rings (SSSR count). The van der Waals surface area contributed by atoms with Crippen LogP contribution in [0.25, 0.3) is 0 Å². The lowest BCUT2D eigenvalue weighted by Crippen LogP contribution is -2.47. The molecule has 3 aliphatic rings. The van der Waals surface area contributed by atoms with E-state index in [1.165, 1.54) is 0 Å². The second-order valence-electron chi connectivity index (χ2n) is 6.75. The lowest BCUT2D eigenvalue weighted by Gasteiger charge is -2.29. The number of rotatable bonds is 2. The van der Waals surface area contributed by atoms with Crippen molar-refractivity contribution in [2.24, 2.45) is 0 Å². The zero-order chi connectivity index (χ0) is 17.6. The second-order valence-corrected chi connectivity index (χ2v) is 7.81. The van der Waals surface area contributed by atoms with E-state index in [-0.39, 0.29) is 0 Å². The molecule has 2 aromatic carbocycles. The fourth-order valence-electron chi connectivity index (χ4n) is 3.82. The van der Waals surface area contributed by atoms with Gasteiger partial charge in [0, 0.05) is 23.8 Å². The van der Waals surface area contributed by atoms with Crippen LogP contribution in [-0.4, -0.2) is 46.9 Å². The van der Waals surface area contributed by atoms with Crippen LogP contribution < -0.4 is 14.4 Å². The number of ether oxygens (including phenoxy) is 2. The molecular formula is C20H21N2O3S+. The topological polar surface area (TPSA) is 44.9 Å². The van der Waals surface area contributed by atoms with E-state index in [0.717, 1.165) is 46.6 Å². The number of aliphatic hydroxyl groups is 1. The summed E-state index contributed by atoms with van der Waals surface area (Å²) in [6.07, 6.45) is 0.878. The van der Waals surface area contributed by atoms with Crippen molar-refractivity contribution in [2.75, 3.05) is 37.0 Å². The molecule has 1 atom stereocenters. The molecule has 26 heavy (non-hydrogen) atoms. The van der Waals surface area contributed by atoms with Crippen LogP contribution in [0, 0.1) is 0 Å². The van der Waals surface area contributed by atoms with Crippen molar-refractivity contribution in [1.82, 2.24) is 0 Å². The van der Waals surface area contributed by atoms with Crippen molar-refractivity contribution in [2.45, 2.75) is 12.1 Å². The Morgan fingerprint density at radius 3 is 2.69 bits per heavy atom. The van der Waals surface area contributed by atoms with E-state index in [1.807, 2.05) is 48.5 Å². The van der Waals surface area contributed by atoms with Crippen LogP contribution in [-0.2, 0) is 5.72 Å². The Morgan fingerprint density at radius 1 is 1.04 bits per heavy atom. The van der Waals surface area contributed by atoms with Crippen molar-refractivity contribution < 1.29 is 19.2 Å². The number of thioether (sulfide) groups is 1. The van der Waals surface area contributed by atoms with Gasteiger partial charge in [0.2, 0.25) is 0 Å². The summed E-state index contributed by atoms with van der Waals surface area (Å²) in [5.41, 5.74) is 0.728. The van der Waals surface area contributed by atoms with Crippen LogP contribution in [0.15, 0.2) is 48.5 Å². The summed E-state index contributed by atoms with van der Waals surface area (Å²) in [6.45, 7) is 2.84. The van der Waals surface area contributed by atoms with Crippen LogP contribution in [0.4, 0.5) is 5.69 Å². The molecule has 134 valence electrons. The van der Waals surface area contributed by atoms with E-state index in [4.69, 9.17) is 9.47 Å². The number of nitrogens with zero attached hydrogens (tertiary/aromatic N) is 2. The van der Waals surface area contributed by atoms with Gasteiger partial charge < -0.3 is 14.6 Å². The SMILES string of the molecule is OC1(c2ccccc2)C[N+]2=C(SCC2)N1c1ccc2c(c1)OCCCO2. The van der Waals surface area contributed by atoms with Crippen LogP contribution in [0.2, 0.25) is 0 Å². The molecule has 0 fully saturated rings. The molecule has 2 aromatic rings. The third kappa shape index (κ3) is 2.47. The van der Waals surface area contributed by atoms with Gasteiger partial charge in [-0.1, -0.05) is 30.3 Å². The Balaban J connectivity index is 1.61. The van der Waals surface area contributed by atoms with Gasteiger partial charge in [0.15, 0.2) is 18.0 Å². The molecule has 0 saturated heterocycles. The molecule has 6 heteroatoms. The molecular weight excluding hydrogens is 348 g/mol. The van der Waals surface area contributed by atoms with E-state index in [0.29, 0.717) is 19.8 Å². The molecule has 0 radical (unpaired) electrons. The fourth-order valence-corrected chi connectivity index (χ4v) is 5.04. The number of hydrogen-bond acceptors (Lipinski definition) is 5. The highest BCUT2D eigenvalue weighted by Crippen LogP contribution is 2.43. The zero-order valence-electron chi connectivity index (χ0n) is 14.4. The monoisotopic (exact) mass is 369 g/mol. The molecule has 0 spiro atoms. The first kappa shape index (κ1) is 16.0. The molecule has 0 aliphatic carbocycles. The van der Waals surface area contributed by atoms with Gasteiger partial charge in [-0.2, -0.15) is 4.90 Å². The average molecular weight is 369 g/mol. The van der Waals surface area contributed by atoms with Crippen LogP contribution in [0.5, 0.6) is 11.5 Å². The number of hydrogen-bond donors (Lipinski definition) is 1. The Labute approximate surface area is 156 Å². The van der Waals surface area contributed by atoms with Gasteiger partial charge in [-0.15, -0.1) is 0 Å². The Bertz CT molecular complexity index is 871. The van der Waals surface area contributed by atoms with Crippen LogP contribution in [0.1, 0.15) is 12.0 Å². The molecule has 5 nitrogen and oxygen atoms in total. The maximum Gasteiger partial charge on any atom is 0.316 e. The molecule has 0 aromatic heterocycles. The quantitative estimate of drug-likeness (QED) is 0.825. The third-order valence-electron chi connectivity index (χ3n) is 5.06. The van der Waals surface area contributed by atoms with Gasteiger partial charge in [-0.05, 0) is 23.9 Å². The highest BCUT2D eigenvalue weighted by molar-refractivity contribution is 8.14. The lowest BCUT2D eigenvalue weighted by atomic mass is 10.0. The van der Waals surface area contributed by atoms with Crippen molar-refractivity contribution in [3.63, 3.8) is 0 Å². The Kier molecular flexibility index (Phi) is 3.83. The first-order valence-corrected chi connectivity index (χ1v) is 9.97. The minimum atomic E-state index is -1.09. The largest absolute Gasteiger partial charge is 0.490 e. The molecule has 0 saturated carbocycles. The standard InChI is InChI=1S/C20H21N2O3S/c23-20(15-5-2-1-3-6-15)14-21-9-12-26-19(21)22(20)16-7-8-17-18(13-16)25-11-4-10-24-17/h1-3,5-8,13,23H,4,9-12,14H2/q+1. The summed E-state index contributed by atoms with van der Waals surface area (Å²) in [7, 11) is 0. The molecule has 3 aliphatic heterocycles. The van der Waals surface area contributed by atoms with Crippen LogP contribution >= 0.6 is 11.8 Å². The minimum absolute atomic E-state index is 0.563. The van der Waals surface area contributed by atoms with E-state index in [2.05, 4.69) is 9.48 Å². The van der Waals surface area contributed by atoms with Crippen molar-refractivity contribution in [3.8, 4) is 11.5 Å². The molecule has 0 bridgehead atoms. The summed E-state index contributed by atoms with van der Waals surface area (Å²) >= 11 is 1.79. The molecule has 0 amide bonds. The average Bonchev–Trinajstić information content (AvgIpc) is 3.12. The Morgan fingerprint density at radius 2 is 1.85 bits per heavy atom. The smallest absolute Gasteiger partial charge is 0.316 e. The normalized spacial score (nSPS) is 24.6. The van der Waals surface area contributed by atoms with Gasteiger partial charge >= 0.3 is 5.17 Å². The summed E-state index contributed by atoms with van der Waals surface area (Å²) in [4.78, 5) is 2.05. The first-order valence-electron chi connectivity index (χ1n) is 8.98. The van der Waals surface area contributed by atoms with Crippen molar-refractivity contribution in [1.29, 1.82) is 0 Å². The summed E-state index contributed by atoms with van der Waals surface area (Å²) < 4.78 is 13.9. The van der Waals surface area contributed by atoms with Gasteiger partial charge in [0.1, 0.15) is 5.69 Å². The summed E-state index contributed by atoms with van der Waals surface area (Å²) in [6, 6.07) is 15.8. The third-order valence-corrected chi connectivity index (χ3v) is 6.15. The minimum Gasteiger partial charge on any atom is -0.490 e. The second kappa shape index (κ2) is 6.21. The molecule has 1 unspecified atom stereocenters. The number of amidine groups is 1. The van der Waals surface area contributed by atoms with Gasteiger partial charge in [-0.25, -0.2) is 4.58 Å². The number of anilines is 1. The van der Waals surface area contributed by atoms with Gasteiger partial charge in [0.05, 0.1) is 19.8 Å². The summed E-state index contributed by atoms with van der Waals surface area (Å²) in [5.74, 6) is 2.56. The maximum atomic E-state index is 11.7. The zero-order valence-corrected chi connectivity index (χ0v) is 15.2. The fraction of sp³-hybridized carbons (Fsp3) is 0.350. The molecule has 1 N–H and O–H groups in total. The number of fused-ring (bicyclic) bond motifs is 1. The highest BCUT2D eigenvalue weighted by Gasteiger charge is 2.56. The molecule has 3 heterocycles. The Hall–Kier alpha value is -2.18.